The fourth-order valence-corrected chi connectivity index (χ4v) is 4.73. The van der Waals surface area contributed by atoms with E-state index in [1.165, 1.54) is 5.56 Å². The number of hydrogen-bond donors (Lipinski definition) is 0. The van der Waals surface area contributed by atoms with Crippen LogP contribution < -0.4 is 0 Å². The van der Waals surface area contributed by atoms with E-state index in [9.17, 15) is 9.59 Å². The first-order chi connectivity index (χ1) is 16.2. The molecule has 0 N–H and O–H groups in total. The van der Waals surface area contributed by atoms with Crippen LogP contribution in [0.5, 0.6) is 0 Å². The summed E-state index contributed by atoms with van der Waals surface area (Å²) in [5.41, 5.74) is 2.25. The summed E-state index contributed by atoms with van der Waals surface area (Å²) in [4.78, 5) is 35.8. The molecule has 1 aromatic heterocycles. The molecule has 6 nitrogen and oxygen atoms in total. The zero-order valence-electron chi connectivity index (χ0n) is 19.3. The molecule has 6 heteroatoms. The predicted octanol–water partition coefficient (Wildman–Crippen LogP) is 3.46. The molecule has 2 saturated heterocycles. The molecule has 0 aliphatic carbocycles. The average molecular weight is 447 g/mol. The number of piperazine rings is 1. The summed E-state index contributed by atoms with van der Waals surface area (Å²) in [6, 6.07) is 14.3. The molecule has 2 amide bonds. The van der Waals surface area contributed by atoms with Gasteiger partial charge in [0.1, 0.15) is 0 Å². The number of pyridine rings is 1. The van der Waals surface area contributed by atoms with Gasteiger partial charge in [0.25, 0.3) is 0 Å². The summed E-state index contributed by atoms with van der Waals surface area (Å²) in [6.07, 6.45) is 10.5. The number of aromatic nitrogens is 1. The number of carbonyl (C=O) groups excluding carboxylic acids is 2. The summed E-state index contributed by atoms with van der Waals surface area (Å²) >= 11 is 0. The number of amides is 2. The molecule has 2 fully saturated rings. The molecule has 0 saturated carbocycles. The second-order valence-corrected chi connectivity index (χ2v) is 9.09. The van der Waals surface area contributed by atoms with Gasteiger partial charge < -0.3 is 9.80 Å². The maximum absolute atomic E-state index is 12.8. The highest BCUT2D eigenvalue weighted by atomic mass is 16.2. The number of hydrogen-bond acceptors (Lipinski definition) is 4. The Labute approximate surface area is 196 Å². The van der Waals surface area contributed by atoms with Gasteiger partial charge in [0.05, 0.1) is 0 Å². The van der Waals surface area contributed by atoms with Crippen molar-refractivity contribution in [2.45, 2.75) is 32.2 Å². The maximum Gasteiger partial charge on any atom is 0.246 e. The Hall–Kier alpha value is -2.99. The van der Waals surface area contributed by atoms with Gasteiger partial charge in [-0.05, 0) is 48.4 Å². The molecule has 1 aromatic carbocycles. The molecule has 33 heavy (non-hydrogen) atoms. The second kappa shape index (κ2) is 11.8. The Morgan fingerprint density at radius 2 is 1.79 bits per heavy atom. The van der Waals surface area contributed by atoms with Crippen LogP contribution in [0.4, 0.5) is 0 Å². The average Bonchev–Trinajstić information content (AvgIpc) is 2.88. The highest BCUT2D eigenvalue weighted by molar-refractivity contribution is 5.91. The first kappa shape index (κ1) is 23.2. The minimum Gasteiger partial charge on any atom is -0.340 e. The standard InChI is InChI=1S/C27H34N4O2/c32-26(30-18-16-29(17-19-30)21-24-6-2-1-3-7-24)13-11-25-9-5-15-31(22-25)27(33)12-10-23-8-4-14-28-20-23/h1-4,6-8,10,12,14,20,25H,5,9,11,13,15-19,21-22H2/b12-10+. The molecule has 174 valence electrons. The third-order valence-corrected chi connectivity index (χ3v) is 6.67. The molecule has 4 rings (SSSR count). The first-order valence-electron chi connectivity index (χ1n) is 12.1. The van der Waals surface area contributed by atoms with Gasteiger partial charge in [-0.15, -0.1) is 0 Å². The minimum absolute atomic E-state index is 0.0458. The largest absolute Gasteiger partial charge is 0.340 e. The molecule has 2 aliphatic heterocycles. The van der Waals surface area contributed by atoms with Crippen LogP contribution in [0, 0.1) is 5.92 Å². The van der Waals surface area contributed by atoms with E-state index in [-0.39, 0.29) is 11.8 Å². The number of nitrogens with zero attached hydrogens (tertiary/aromatic N) is 4. The SMILES string of the molecule is O=C(/C=C/c1cccnc1)N1CCCC(CCC(=O)N2CCN(Cc3ccccc3)CC2)C1. The summed E-state index contributed by atoms with van der Waals surface area (Å²) < 4.78 is 0. The lowest BCUT2D eigenvalue weighted by Gasteiger charge is -2.36. The quantitative estimate of drug-likeness (QED) is 0.612. The van der Waals surface area contributed by atoms with E-state index >= 15 is 0 Å². The lowest BCUT2D eigenvalue weighted by Crippen LogP contribution is -2.48. The van der Waals surface area contributed by atoms with Crippen LogP contribution in [0.15, 0.2) is 60.9 Å². The van der Waals surface area contributed by atoms with E-state index < -0.39 is 0 Å². The molecule has 0 spiro atoms. The number of carbonyl (C=O) groups is 2. The Kier molecular flexibility index (Phi) is 8.25. The van der Waals surface area contributed by atoms with Gasteiger partial charge in [-0.1, -0.05) is 36.4 Å². The molecule has 2 aliphatic rings. The zero-order chi connectivity index (χ0) is 22.9. The third kappa shape index (κ3) is 6.99. The van der Waals surface area contributed by atoms with Crippen molar-refractivity contribution in [3.63, 3.8) is 0 Å². The van der Waals surface area contributed by atoms with E-state index in [0.717, 1.165) is 70.6 Å². The van der Waals surface area contributed by atoms with Crippen LogP contribution in [0.25, 0.3) is 6.08 Å². The summed E-state index contributed by atoms with van der Waals surface area (Å²) in [7, 11) is 0. The number of rotatable bonds is 7. The normalized spacial score (nSPS) is 19.7. The van der Waals surface area contributed by atoms with Gasteiger partial charge in [0.15, 0.2) is 0 Å². The zero-order valence-corrected chi connectivity index (χ0v) is 19.3. The summed E-state index contributed by atoms with van der Waals surface area (Å²) in [5, 5.41) is 0. The van der Waals surface area contributed by atoms with E-state index in [1.54, 1.807) is 18.5 Å². The second-order valence-electron chi connectivity index (χ2n) is 9.09. The minimum atomic E-state index is 0.0458. The van der Waals surface area contributed by atoms with Crippen LogP contribution in [0.3, 0.4) is 0 Å². The van der Waals surface area contributed by atoms with Crippen molar-refractivity contribution in [2.75, 3.05) is 39.3 Å². The molecular formula is C27H34N4O2. The van der Waals surface area contributed by atoms with Crippen molar-refractivity contribution in [1.29, 1.82) is 0 Å². The monoisotopic (exact) mass is 446 g/mol. The fraction of sp³-hybridized carbons (Fsp3) is 0.444. The lowest BCUT2D eigenvalue weighted by molar-refractivity contribution is -0.133. The van der Waals surface area contributed by atoms with Gasteiger partial charge in [-0.25, -0.2) is 0 Å². The first-order valence-corrected chi connectivity index (χ1v) is 12.1. The van der Waals surface area contributed by atoms with Crippen molar-refractivity contribution in [2.24, 2.45) is 5.92 Å². The predicted molar refractivity (Wildman–Crippen MR) is 130 cm³/mol. The highest BCUT2D eigenvalue weighted by Gasteiger charge is 2.25. The van der Waals surface area contributed by atoms with Crippen LogP contribution in [0.1, 0.15) is 36.8 Å². The number of benzene rings is 1. The van der Waals surface area contributed by atoms with E-state index in [1.807, 2.05) is 34.1 Å². The van der Waals surface area contributed by atoms with Crippen molar-refractivity contribution in [3.05, 3.63) is 72.1 Å². The molecule has 1 unspecified atom stereocenters. The summed E-state index contributed by atoms with van der Waals surface area (Å²) in [5.74, 6) is 0.705. The Bertz CT molecular complexity index is 924. The van der Waals surface area contributed by atoms with Gasteiger partial charge >= 0.3 is 0 Å². The van der Waals surface area contributed by atoms with Gasteiger partial charge in [-0.2, -0.15) is 0 Å². The topological polar surface area (TPSA) is 56.8 Å². The van der Waals surface area contributed by atoms with Crippen molar-refractivity contribution in [3.8, 4) is 0 Å². The van der Waals surface area contributed by atoms with Gasteiger partial charge in [0.2, 0.25) is 11.8 Å². The van der Waals surface area contributed by atoms with Crippen LogP contribution in [-0.4, -0.2) is 70.8 Å². The van der Waals surface area contributed by atoms with Crippen LogP contribution >= 0.6 is 0 Å². The smallest absolute Gasteiger partial charge is 0.246 e. The fourth-order valence-electron chi connectivity index (χ4n) is 4.73. The highest BCUT2D eigenvalue weighted by Crippen LogP contribution is 2.22. The van der Waals surface area contributed by atoms with Crippen molar-refractivity contribution in [1.82, 2.24) is 19.7 Å². The van der Waals surface area contributed by atoms with Gasteiger partial charge in [0, 0.05) is 70.7 Å². The molecular weight excluding hydrogens is 412 g/mol. The van der Waals surface area contributed by atoms with E-state index in [4.69, 9.17) is 0 Å². The molecule has 2 aromatic rings. The van der Waals surface area contributed by atoms with E-state index in [0.29, 0.717) is 12.3 Å². The maximum atomic E-state index is 12.8. The Morgan fingerprint density at radius 1 is 0.970 bits per heavy atom. The van der Waals surface area contributed by atoms with Crippen LogP contribution in [-0.2, 0) is 16.1 Å². The van der Waals surface area contributed by atoms with E-state index in [2.05, 4.69) is 34.1 Å². The molecule has 3 heterocycles. The lowest BCUT2D eigenvalue weighted by atomic mass is 9.93. The summed E-state index contributed by atoms with van der Waals surface area (Å²) in [6.45, 7) is 5.95. The third-order valence-electron chi connectivity index (χ3n) is 6.67. The van der Waals surface area contributed by atoms with Gasteiger partial charge in [-0.3, -0.25) is 19.5 Å². The molecule has 1 atom stereocenters. The van der Waals surface area contributed by atoms with Crippen molar-refractivity contribution >= 4 is 17.9 Å². The number of likely N-dealkylation sites (tertiary alicyclic amines) is 1. The Balaban J connectivity index is 1.18. The Morgan fingerprint density at radius 3 is 2.55 bits per heavy atom. The molecule has 0 radical (unpaired) electrons. The molecule has 0 bridgehead atoms. The van der Waals surface area contributed by atoms with Crippen molar-refractivity contribution < 1.29 is 9.59 Å². The number of piperidine rings is 1. The van der Waals surface area contributed by atoms with Crippen LogP contribution in [0.2, 0.25) is 0 Å².